The maximum atomic E-state index is 12.5. The molecule has 0 spiro atoms. The van der Waals surface area contributed by atoms with E-state index in [1.807, 2.05) is 4.90 Å². The highest BCUT2D eigenvalue weighted by molar-refractivity contribution is 5.76. The Morgan fingerprint density at radius 3 is 1.19 bits per heavy atom. The van der Waals surface area contributed by atoms with Crippen molar-refractivity contribution in [1.29, 1.82) is 0 Å². The highest BCUT2D eigenvalue weighted by Crippen LogP contribution is 2.25. The third-order valence-corrected chi connectivity index (χ3v) is 10.9. The van der Waals surface area contributed by atoms with Crippen molar-refractivity contribution in [2.24, 2.45) is 11.8 Å². The highest BCUT2D eigenvalue weighted by atomic mass is 16.5. The van der Waals surface area contributed by atoms with Crippen molar-refractivity contribution >= 4 is 5.91 Å². The summed E-state index contributed by atoms with van der Waals surface area (Å²) in [5.74, 6) is 0.698. The van der Waals surface area contributed by atoms with Crippen molar-refractivity contribution in [3.05, 3.63) is 48.6 Å². The summed E-state index contributed by atoms with van der Waals surface area (Å²) in [5, 5.41) is 9.29. The molecule has 1 amide bonds. The quantitative estimate of drug-likeness (QED) is 0.0500. The maximum Gasteiger partial charge on any atom is 0.224 e. The van der Waals surface area contributed by atoms with E-state index in [0.717, 1.165) is 52.0 Å². The van der Waals surface area contributed by atoms with Crippen LogP contribution in [0.1, 0.15) is 200 Å². The van der Waals surface area contributed by atoms with Gasteiger partial charge in [-0.1, -0.05) is 165 Å². The summed E-state index contributed by atoms with van der Waals surface area (Å²) in [6.45, 7) is 8.91. The van der Waals surface area contributed by atoms with E-state index in [1.165, 1.54) is 154 Å². The summed E-state index contributed by atoms with van der Waals surface area (Å²) >= 11 is 0. The van der Waals surface area contributed by atoms with Gasteiger partial charge in [-0.2, -0.15) is 0 Å². The van der Waals surface area contributed by atoms with Crippen molar-refractivity contribution in [1.82, 2.24) is 4.90 Å². The fraction of sp³-hybridized carbons (Fsp3) is 0.816. The zero-order valence-electron chi connectivity index (χ0n) is 35.8. The molecule has 5 heteroatoms. The number of unbranched alkanes of at least 4 members (excludes halogenated alkanes) is 22. The third kappa shape index (κ3) is 32.5. The average Bonchev–Trinajstić information content (AvgIpc) is 3.59. The molecule has 1 aliphatic heterocycles. The fourth-order valence-electron chi connectivity index (χ4n) is 7.33. The number of likely N-dealkylation sites (tertiary alicyclic amines) is 1. The van der Waals surface area contributed by atoms with Crippen LogP contribution < -0.4 is 0 Å². The molecule has 1 N–H and O–H groups in total. The van der Waals surface area contributed by atoms with E-state index < -0.39 is 0 Å². The van der Waals surface area contributed by atoms with Gasteiger partial charge in [0, 0.05) is 44.6 Å². The van der Waals surface area contributed by atoms with Gasteiger partial charge in [-0.25, -0.2) is 0 Å². The molecule has 0 aromatic carbocycles. The number of carbonyl (C=O) groups is 1. The lowest BCUT2D eigenvalue weighted by Crippen LogP contribution is -2.30. The van der Waals surface area contributed by atoms with E-state index in [1.54, 1.807) is 0 Å². The Hall–Kier alpha value is -1.69. The summed E-state index contributed by atoms with van der Waals surface area (Å²) in [6, 6.07) is 0. The number of allylic oxidation sites excluding steroid dienone is 8. The normalized spacial score (nSPS) is 16.5. The van der Waals surface area contributed by atoms with Crippen molar-refractivity contribution < 1.29 is 19.4 Å². The predicted octanol–water partition coefficient (Wildman–Crippen LogP) is 13.7. The zero-order valence-corrected chi connectivity index (χ0v) is 35.8. The Kier molecular flexibility index (Phi) is 38.2. The largest absolute Gasteiger partial charge is 0.396 e. The molecule has 0 radical (unpaired) electrons. The van der Waals surface area contributed by atoms with Gasteiger partial charge in [-0.15, -0.1) is 0 Å². The zero-order chi connectivity index (χ0) is 38.8. The summed E-state index contributed by atoms with van der Waals surface area (Å²) in [4.78, 5) is 14.4. The lowest BCUT2D eigenvalue weighted by molar-refractivity contribution is -0.131. The minimum Gasteiger partial charge on any atom is -0.396 e. The molecular weight excluding hydrogens is 667 g/mol. The van der Waals surface area contributed by atoms with Crippen LogP contribution >= 0.6 is 0 Å². The van der Waals surface area contributed by atoms with E-state index in [9.17, 15) is 9.90 Å². The average molecular weight is 756 g/mol. The molecule has 5 nitrogen and oxygen atoms in total. The first-order valence-corrected chi connectivity index (χ1v) is 23.4. The van der Waals surface area contributed by atoms with Gasteiger partial charge in [-0.05, 0) is 77.0 Å². The highest BCUT2D eigenvalue weighted by Gasteiger charge is 2.35. The summed E-state index contributed by atoms with van der Waals surface area (Å²) < 4.78 is 12.3. The van der Waals surface area contributed by atoms with Gasteiger partial charge in [-0.3, -0.25) is 4.79 Å². The molecule has 1 fully saturated rings. The SMILES string of the molecule is CCCCC/C=C\C/C=C\CCCCCCCCCCOC[C@@H]1CN(C(=O)CCO)C[C@H]1COCCCCCCCCCC/C=C\C/C=C\CCCCC. The number of amides is 1. The van der Waals surface area contributed by atoms with Crippen LogP contribution in [0.15, 0.2) is 48.6 Å². The second kappa shape index (κ2) is 41.0. The Balaban J connectivity index is 2.03. The minimum atomic E-state index is -0.0823. The second-order valence-electron chi connectivity index (χ2n) is 16.0. The number of hydrogen-bond acceptors (Lipinski definition) is 4. The van der Waals surface area contributed by atoms with E-state index in [2.05, 4.69) is 62.5 Å². The van der Waals surface area contributed by atoms with Crippen LogP contribution in [0.3, 0.4) is 0 Å². The Morgan fingerprint density at radius 1 is 0.500 bits per heavy atom. The second-order valence-corrected chi connectivity index (χ2v) is 16.0. The van der Waals surface area contributed by atoms with Crippen molar-refractivity contribution in [2.75, 3.05) is 46.1 Å². The number of hydrogen-bond donors (Lipinski definition) is 1. The summed E-state index contributed by atoms with van der Waals surface area (Å²) in [7, 11) is 0. The standard InChI is InChI=1S/C49H89NO4/c1-3-5-7-9-11-13-15-17-19-21-23-25-27-29-31-33-35-37-41-53-45-47-43-50(49(52)39-40-51)44-48(47)46-54-42-38-36-34-32-30-28-26-24-22-20-18-16-14-12-10-8-6-4-2/h11-14,17-20,47-48,51H,3-10,15-16,21-46H2,1-2H3/b13-11-,14-12-,19-17-,20-18-/t47-,48-/m0/s1. The number of nitrogens with zero attached hydrogens (tertiary/aromatic N) is 1. The number of ether oxygens (including phenoxy) is 2. The molecule has 0 aromatic heterocycles. The number of aliphatic hydroxyl groups excluding tert-OH is 1. The van der Waals surface area contributed by atoms with E-state index in [4.69, 9.17) is 9.47 Å². The van der Waals surface area contributed by atoms with Crippen LogP contribution in [0, 0.1) is 11.8 Å². The number of aliphatic hydroxyl groups is 1. The molecule has 2 atom stereocenters. The molecule has 1 rings (SSSR count). The Labute approximate surface area is 335 Å². The van der Waals surface area contributed by atoms with Crippen LogP contribution in [0.2, 0.25) is 0 Å². The first kappa shape index (κ1) is 50.3. The molecular formula is C49H89NO4. The van der Waals surface area contributed by atoms with Crippen LogP contribution in [-0.4, -0.2) is 62.0 Å². The van der Waals surface area contributed by atoms with E-state index in [-0.39, 0.29) is 18.9 Å². The maximum absolute atomic E-state index is 12.5. The monoisotopic (exact) mass is 756 g/mol. The predicted molar refractivity (Wildman–Crippen MR) is 234 cm³/mol. The van der Waals surface area contributed by atoms with Gasteiger partial charge in [0.25, 0.3) is 0 Å². The van der Waals surface area contributed by atoms with Crippen LogP contribution in [0.25, 0.3) is 0 Å². The molecule has 1 heterocycles. The molecule has 314 valence electrons. The summed E-state index contributed by atoms with van der Waals surface area (Å²) in [6.07, 6.45) is 54.7. The Bertz CT molecular complexity index is 847. The lowest BCUT2D eigenvalue weighted by atomic mass is 9.98. The van der Waals surface area contributed by atoms with Gasteiger partial charge in [0.1, 0.15) is 0 Å². The van der Waals surface area contributed by atoms with Gasteiger partial charge < -0.3 is 19.5 Å². The Morgan fingerprint density at radius 2 is 0.833 bits per heavy atom. The van der Waals surface area contributed by atoms with Crippen molar-refractivity contribution in [3.8, 4) is 0 Å². The summed E-state index contributed by atoms with van der Waals surface area (Å²) in [5.41, 5.74) is 0. The van der Waals surface area contributed by atoms with Gasteiger partial charge in [0.2, 0.25) is 5.91 Å². The lowest BCUT2D eigenvalue weighted by Gasteiger charge is -2.18. The minimum absolute atomic E-state index is 0.0553. The van der Waals surface area contributed by atoms with Crippen LogP contribution in [0.5, 0.6) is 0 Å². The van der Waals surface area contributed by atoms with Gasteiger partial charge in [0.05, 0.1) is 19.8 Å². The molecule has 54 heavy (non-hydrogen) atoms. The molecule has 0 unspecified atom stereocenters. The van der Waals surface area contributed by atoms with Crippen LogP contribution in [-0.2, 0) is 14.3 Å². The molecule has 0 aliphatic carbocycles. The third-order valence-electron chi connectivity index (χ3n) is 10.9. The molecule has 1 aliphatic rings. The van der Waals surface area contributed by atoms with Crippen molar-refractivity contribution in [2.45, 2.75) is 200 Å². The van der Waals surface area contributed by atoms with E-state index >= 15 is 0 Å². The smallest absolute Gasteiger partial charge is 0.224 e. The molecule has 0 aromatic rings. The fourth-order valence-corrected chi connectivity index (χ4v) is 7.33. The first-order valence-electron chi connectivity index (χ1n) is 23.4. The molecule has 1 saturated heterocycles. The van der Waals surface area contributed by atoms with Gasteiger partial charge in [0.15, 0.2) is 0 Å². The van der Waals surface area contributed by atoms with Crippen molar-refractivity contribution in [3.63, 3.8) is 0 Å². The topological polar surface area (TPSA) is 59.0 Å². The van der Waals surface area contributed by atoms with Gasteiger partial charge >= 0.3 is 0 Å². The van der Waals surface area contributed by atoms with Crippen LogP contribution in [0.4, 0.5) is 0 Å². The number of rotatable bonds is 40. The first-order chi connectivity index (χ1) is 26.7. The molecule has 0 bridgehead atoms. The molecule has 0 saturated carbocycles. The van der Waals surface area contributed by atoms with E-state index in [0.29, 0.717) is 25.0 Å². The number of carbonyl (C=O) groups excluding carboxylic acids is 1.